The van der Waals surface area contributed by atoms with Gasteiger partial charge in [0, 0.05) is 29.3 Å². The zero-order valence-electron chi connectivity index (χ0n) is 16.5. The third-order valence-corrected chi connectivity index (χ3v) is 4.78. The highest BCUT2D eigenvalue weighted by molar-refractivity contribution is 5.94. The van der Waals surface area contributed by atoms with Crippen molar-refractivity contribution in [3.63, 3.8) is 0 Å². The van der Waals surface area contributed by atoms with E-state index < -0.39 is 0 Å². The smallest absolute Gasteiger partial charge is 0.251 e. The summed E-state index contributed by atoms with van der Waals surface area (Å²) in [6, 6.07) is 23.1. The third kappa shape index (κ3) is 5.36. The molecule has 5 nitrogen and oxygen atoms in total. The SMILES string of the molecule is CC(c1cccc(C(=O)NCCO)c1)c1cc(N)ccc1OCc1ccccc1. The Morgan fingerprint density at radius 2 is 1.86 bits per heavy atom. The van der Waals surface area contributed by atoms with Crippen molar-refractivity contribution in [2.45, 2.75) is 19.4 Å². The predicted octanol–water partition coefficient (Wildman–Crippen LogP) is 3.72. The highest BCUT2D eigenvalue weighted by Crippen LogP contribution is 2.34. The summed E-state index contributed by atoms with van der Waals surface area (Å²) in [6.45, 7) is 2.67. The van der Waals surface area contributed by atoms with Gasteiger partial charge in [0.1, 0.15) is 12.4 Å². The summed E-state index contributed by atoms with van der Waals surface area (Å²) >= 11 is 0. The quantitative estimate of drug-likeness (QED) is 0.512. The van der Waals surface area contributed by atoms with E-state index in [1.165, 1.54) is 0 Å². The Morgan fingerprint density at radius 1 is 1.07 bits per heavy atom. The molecule has 0 aliphatic carbocycles. The lowest BCUT2D eigenvalue weighted by molar-refractivity contribution is 0.0944. The summed E-state index contributed by atoms with van der Waals surface area (Å²) in [4.78, 5) is 12.2. The maximum atomic E-state index is 12.2. The van der Waals surface area contributed by atoms with E-state index in [2.05, 4.69) is 12.2 Å². The van der Waals surface area contributed by atoms with Gasteiger partial charge in [0.15, 0.2) is 0 Å². The second-order valence-electron chi connectivity index (χ2n) is 6.90. The fraction of sp³-hybridized carbons (Fsp3) is 0.208. The van der Waals surface area contributed by atoms with E-state index in [4.69, 9.17) is 15.6 Å². The van der Waals surface area contributed by atoms with Crippen molar-refractivity contribution in [1.82, 2.24) is 5.32 Å². The molecule has 0 saturated heterocycles. The minimum atomic E-state index is -0.207. The van der Waals surface area contributed by atoms with Crippen molar-refractivity contribution in [1.29, 1.82) is 0 Å². The number of ether oxygens (including phenoxy) is 1. The summed E-state index contributed by atoms with van der Waals surface area (Å²) in [5, 5.41) is 11.6. The lowest BCUT2D eigenvalue weighted by atomic mass is 9.91. The van der Waals surface area contributed by atoms with Crippen LogP contribution < -0.4 is 15.8 Å². The van der Waals surface area contributed by atoms with Gasteiger partial charge in [0.05, 0.1) is 6.61 Å². The first-order valence-corrected chi connectivity index (χ1v) is 9.63. The minimum Gasteiger partial charge on any atom is -0.489 e. The molecule has 1 atom stereocenters. The molecule has 4 N–H and O–H groups in total. The summed E-state index contributed by atoms with van der Waals surface area (Å²) in [7, 11) is 0. The van der Waals surface area contributed by atoms with Crippen molar-refractivity contribution < 1.29 is 14.6 Å². The normalized spacial score (nSPS) is 11.7. The molecule has 3 rings (SSSR count). The first-order chi connectivity index (χ1) is 14.1. The highest BCUT2D eigenvalue weighted by atomic mass is 16.5. The summed E-state index contributed by atoms with van der Waals surface area (Å²) in [6.07, 6.45) is 0. The standard InChI is InChI=1S/C24H26N2O3/c1-17(19-8-5-9-20(14-19)24(28)26-12-13-27)22-15-21(25)10-11-23(22)29-16-18-6-3-2-4-7-18/h2-11,14-15,17,27H,12-13,16,25H2,1H3,(H,26,28). The molecular formula is C24H26N2O3. The monoisotopic (exact) mass is 390 g/mol. The van der Waals surface area contributed by atoms with Gasteiger partial charge in [-0.15, -0.1) is 0 Å². The van der Waals surface area contributed by atoms with Crippen LogP contribution in [0, 0.1) is 0 Å². The molecule has 0 aliphatic heterocycles. The van der Waals surface area contributed by atoms with Gasteiger partial charge >= 0.3 is 0 Å². The lowest BCUT2D eigenvalue weighted by Gasteiger charge is -2.19. The van der Waals surface area contributed by atoms with Crippen LogP contribution in [0.1, 0.15) is 39.9 Å². The molecule has 150 valence electrons. The lowest BCUT2D eigenvalue weighted by Crippen LogP contribution is -2.26. The average Bonchev–Trinajstić information content (AvgIpc) is 2.76. The van der Waals surface area contributed by atoms with Crippen molar-refractivity contribution in [3.05, 3.63) is 95.1 Å². The van der Waals surface area contributed by atoms with Gasteiger partial charge in [-0.3, -0.25) is 4.79 Å². The number of nitrogen functional groups attached to an aromatic ring is 1. The molecule has 0 aliphatic rings. The van der Waals surface area contributed by atoms with Gasteiger partial charge in [0.2, 0.25) is 0 Å². The number of hydrogen-bond donors (Lipinski definition) is 3. The van der Waals surface area contributed by atoms with Crippen LogP contribution in [0.15, 0.2) is 72.8 Å². The van der Waals surface area contributed by atoms with Crippen LogP contribution in [0.25, 0.3) is 0 Å². The molecule has 1 amide bonds. The first kappa shape index (κ1) is 20.4. The van der Waals surface area contributed by atoms with Crippen LogP contribution >= 0.6 is 0 Å². The predicted molar refractivity (Wildman–Crippen MR) is 115 cm³/mol. The van der Waals surface area contributed by atoms with Crippen LogP contribution in [0.5, 0.6) is 5.75 Å². The zero-order valence-corrected chi connectivity index (χ0v) is 16.5. The van der Waals surface area contributed by atoms with Crippen molar-refractivity contribution in [2.24, 2.45) is 0 Å². The van der Waals surface area contributed by atoms with Crippen molar-refractivity contribution >= 4 is 11.6 Å². The fourth-order valence-electron chi connectivity index (χ4n) is 3.17. The molecule has 0 fully saturated rings. The Bertz CT molecular complexity index is 957. The van der Waals surface area contributed by atoms with Gasteiger partial charge in [-0.2, -0.15) is 0 Å². The van der Waals surface area contributed by atoms with E-state index in [0.717, 1.165) is 22.4 Å². The molecule has 0 radical (unpaired) electrons. The Hall–Kier alpha value is -3.31. The van der Waals surface area contributed by atoms with Crippen LogP contribution in [0.2, 0.25) is 0 Å². The van der Waals surface area contributed by atoms with E-state index >= 15 is 0 Å². The van der Waals surface area contributed by atoms with E-state index in [9.17, 15) is 4.79 Å². The number of aliphatic hydroxyl groups excluding tert-OH is 1. The number of rotatable bonds is 8. The maximum absolute atomic E-state index is 12.2. The van der Waals surface area contributed by atoms with Gasteiger partial charge in [-0.05, 0) is 41.5 Å². The van der Waals surface area contributed by atoms with E-state index in [-0.39, 0.29) is 25.0 Å². The summed E-state index contributed by atoms with van der Waals surface area (Å²) in [5.74, 6) is 0.543. The molecule has 0 aromatic heterocycles. The molecule has 0 spiro atoms. The number of amides is 1. The second kappa shape index (κ2) is 9.75. The number of carbonyl (C=O) groups excluding carboxylic acids is 1. The molecule has 0 bridgehead atoms. The summed E-state index contributed by atoms with van der Waals surface area (Å²) < 4.78 is 6.09. The average molecular weight is 390 g/mol. The van der Waals surface area contributed by atoms with Crippen LogP contribution in [-0.4, -0.2) is 24.2 Å². The molecule has 3 aromatic rings. The molecule has 5 heteroatoms. The Kier molecular flexibility index (Phi) is 6.87. The second-order valence-corrected chi connectivity index (χ2v) is 6.90. The Morgan fingerprint density at radius 3 is 2.62 bits per heavy atom. The van der Waals surface area contributed by atoms with Gasteiger partial charge in [0.25, 0.3) is 5.91 Å². The Labute approximate surface area is 171 Å². The third-order valence-electron chi connectivity index (χ3n) is 4.78. The van der Waals surface area contributed by atoms with Gasteiger partial charge in [-0.25, -0.2) is 0 Å². The van der Waals surface area contributed by atoms with Crippen LogP contribution in [0.4, 0.5) is 5.69 Å². The molecule has 1 unspecified atom stereocenters. The van der Waals surface area contributed by atoms with E-state index in [1.807, 2.05) is 66.7 Å². The van der Waals surface area contributed by atoms with Crippen LogP contribution in [0.3, 0.4) is 0 Å². The molecular weight excluding hydrogens is 364 g/mol. The van der Waals surface area contributed by atoms with Gasteiger partial charge < -0.3 is 20.9 Å². The number of anilines is 1. The van der Waals surface area contributed by atoms with Crippen molar-refractivity contribution in [2.75, 3.05) is 18.9 Å². The molecule has 0 heterocycles. The van der Waals surface area contributed by atoms with Crippen molar-refractivity contribution in [3.8, 4) is 5.75 Å². The molecule has 3 aromatic carbocycles. The fourth-order valence-corrected chi connectivity index (χ4v) is 3.17. The Balaban J connectivity index is 1.84. The minimum absolute atomic E-state index is 0.0186. The molecule has 0 saturated carbocycles. The van der Waals surface area contributed by atoms with E-state index in [1.54, 1.807) is 6.07 Å². The number of benzene rings is 3. The first-order valence-electron chi connectivity index (χ1n) is 9.63. The molecule has 29 heavy (non-hydrogen) atoms. The number of nitrogens with one attached hydrogen (secondary N) is 1. The van der Waals surface area contributed by atoms with E-state index in [0.29, 0.717) is 17.9 Å². The number of aliphatic hydroxyl groups is 1. The topological polar surface area (TPSA) is 84.6 Å². The zero-order chi connectivity index (χ0) is 20.6. The number of carbonyl (C=O) groups is 1. The number of hydrogen-bond acceptors (Lipinski definition) is 4. The van der Waals surface area contributed by atoms with Crippen LogP contribution in [-0.2, 0) is 6.61 Å². The largest absolute Gasteiger partial charge is 0.489 e. The summed E-state index contributed by atoms with van der Waals surface area (Å²) in [5.41, 5.74) is 10.3. The maximum Gasteiger partial charge on any atom is 0.251 e. The highest BCUT2D eigenvalue weighted by Gasteiger charge is 2.16. The van der Waals surface area contributed by atoms with Gasteiger partial charge in [-0.1, -0.05) is 49.4 Å². The number of nitrogens with two attached hydrogens (primary N) is 1.